The summed E-state index contributed by atoms with van der Waals surface area (Å²) < 4.78 is 5.09. The molecule has 0 saturated heterocycles. The highest BCUT2D eigenvalue weighted by Gasteiger charge is 1.94. The van der Waals surface area contributed by atoms with Crippen molar-refractivity contribution in [2.45, 2.75) is 20.3 Å². The minimum Gasteiger partial charge on any atom is -0.496 e. The van der Waals surface area contributed by atoms with Crippen LogP contribution in [-0.2, 0) is 4.74 Å². The summed E-state index contributed by atoms with van der Waals surface area (Å²) in [5.41, 5.74) is 4.33. The van der Waals surface area contributed by atoms with Gasteiger partial charge in [-0.1, -0.05) is 19.9 Å². The summed E-state index contributed by atoms with van der Waals surface area (Å²) in [5, 5.41) is 3.11. The third kappa shape index (κ3) is 5.95. The van der Waals surface area contributed by atoms with Crippen LogP contribution in [0.25, 0.3) is 0 Å². The Kier molecular flexibility index (Phi) is 8.55. The molecule has 0 aromatic rings. The Balaban J connectivity index is 0.000000921. The van der Waals surface area contributed by atoms with Gasteiger partial charge in [0.2, 0.25) is 0 Å². The summed E-state index contributed by atoms with van der Waals surface area (Å²) >= 11 is 0. The van der Waals surface area contributed by atoms with Crippen molar-refractivity contribution in [3.63, 3.8) is 0 Å². The minimum absolute atomic E-state index is 0.843. The van der Waals surface area contributed by atoms with E-state index in [1.165, 1.54) is 5.57 Å². The molecule has 0 aromatic heterocycles. The van der Waals surface area contributed by atoms with Crippen molar-refractivity contribution in [2.24, 2.45) is 0 Å². The molecule has 1 aliphatic carbocycles. The Bertz CT molecular complexity index is 281. The van der Waals surface area contributed by atoms with Gasteiger partial charge in [0, 0.05) is 6.08 Å². The second kappa shape index (κ2) is 9.32. The van der Waals surface area contributed by atoms with Crippen LogP contribution in [0.1, 0.15) is 20.3 Å². The molecule has 84 valence electrons. The van der Waals surface area contributed by atoms with E-state index in [2.05, 4.69) is 17.1 Å². The predicted octanol–water partition coefficient (Wildman–Crippen LogP) is 2.80. The molecular weight excluding hydrogens is 186 g/mol. The van der Waals surface area contributed by atoms with Crippen LogP contribution in [0.5, 0.6) is 0 Å². The molecule has 15 heavy (non-hydrogen) atoms. The maximum Gasteiger partial charge on any atom is 0.126 e. The zero-order chi connectivity index (χ0) is 11.5. The maximum atomic E-state index is 5.09. The van der Waals surface area contributed by atoms with Gasteiger partial charge in [-0.25, -0.2) is 0 Å². The smallest absolute Gasteiger partial charge is 0.126 e. The van der Waals surface area contributed by atoms with Gasteiger partial charge in [0.15, 0.2) is 0 Å². The van der Waals surface area contributed by atoms with Crippen molar-refractivity contribution in [1.82, 2.24) is 5.32 Å². The van der Waals surface area contributed by atoms with Gasteiger partial charge in [-0.15, -0.1) is 5.73 Å². The molecule has 1 aliphatic rings. The van der Waals surface area contributed by atoms with Crippen LogP contribution in [0.4, 0.5) is 0 Å². The zero-order valence-electron chi connectivity index (χ0n) is 10.1. The van der Waals surface area contributed by atoms with Gasteiger partial charge in [0.1, 0.15) is 5.76 Å². The molecular formula is C13H21NO. The largest absolute Gasteiger partial charge is 0.496 e. The quantitative estimate of drug-likeness (QED) is 0.716. The fourth-order valence-electron chi connectivity index (χ4n) is 1.07. The molecule has 0 unspecified atom stereocenters. The molecule has 0 bridgehead atoms. The average molecular weight is 207 g/mol. The van der Waals surface area contributed by atoms with Crippen molar-refractivity contribution in [1.29, 1.82) is 0 Å². The Morgan fingerprint density at radius 2 is 2.00 bits per heavy atom. The first-order valence-corrected chi connectivity index (χ1v) is 5.38. The molecule has 1 N–H and O–H groups in total. The Morgan fingerprint density at radius 1 is 1.27 bits per heavy atom. The van der Waals surface area contributed by atoms with Crippen molar-refractivity contribution in [2.75, 3.05) is 20.7 Å². The third-order valence-corrected chi connectivity index (χ3v) is 1.86. The van der Waals surface area contributed by atoms with E-state index in [0.29, 0.717) is 0 Å². The van der Waals surface area contributed by atoms with E-state index in [1.807, 2.05) is 39.1 Å². The monoisotopic (exact) mass is 207 g/mol. The van der Waals surface area contributed by atoms with Gasteiger partial charge in [-0.05, 0) is 37.7 Å². The molecule has 2 heteroatoms. The zero-order valence-corrected chi connectivity index (χ0v) is 10.1. The van der Waals surface area contributed by atoms with E-state index in [1.54, 1.807) is 7.11 Å². The number of hydrogen-bond acceptors (Lipinski definition) is 2. The molecule has 0 radical (unpaired) electrons. The van der Waals surface area contributed by atoms with Crippen molar-refractivity contribution in [3.8, 4) is 0 Å². The van der Waals surface area contributed by atoms with Gasteiger partial charge in [0.05, 0.1) is 7.11 Å². The van der Waals surface area contributed by atoms with Crippen molar-refractivity contribution in [3.05, 3.63) is 41.4 Å². The van der Waals surface area contributed by atoms with Gasteiger partial charge in [-0.2, -0.15) is 0 Å². The van der Waals surface area contributed by atoms with E-state index in [-0.39, 0.29) is 0 Å². The first kappa shape index (κ1) is 13.8. The lowest BCUT2D eigenvalue weighted by atomic mass is 10.2. The normalized spacial score (nSPS) is 13.3. The average Bonchev–Trinajstić information content (AvgIpc) is 2.54. The molecule has 0 atom stereocenters. The summed E-state index contributed by atoms with van der Waals surface area (Å²) in [5.74, 6) is 0.843. The van der Waals surface area contributed by atoms with Crippen molar-refractivity contribution >= 4 is 0 Å². The molecule has 0 heterocycles. The lowest BCUT2D eigenvalue weighted by molar-refractivity contribution is 0.307. The van der Waals surface area contributed by atoms with Crippen LogP contribution >= 0.6 is 0 Å². The number of ether oxygens (including phenoxy) is 1. The number of rotatable bonds is 4. The highest BCUT2D eigenvalue weighted by Crippen LogP contribution is 2.08. The van der Waals surface area contributed by atoms with E-state index in [4.69, 9.17) is 4.74 Å². The predicted molar refractivity (Wildman–Crippen MR) is 65.7 cm³/mol. The topological polar surface area (TPSA) is 21.3 Å². The second-order valence-electron chi connectivity index (χ2n) is 2.82. The lowest BCUT2D eigenvalue weighted by Crippen LogP contribution is -2.07. The summed E-state index contributed by atoms with van der Waals surface area (Å²) in [6.07, 6.45) is 8.86. The number of nitrogens with one attached hydrogen (secondary N) is 1. The van der Waals surface area contributed by atoms with Gasteiger partial charge in [0.25, 0.3) is 0 Å². The van der Waals surface area contributed by atoms with E-state index in [0.717, 1.165) is 18.7 Å². The number of allylic oxidation sites excluding steroid dienone is 3. The number of hydrogen-bond donors (Lipinski definition) is 1. The van der Waals surface area contributed by atoms with Gasteiger partial charge in [-0.3, -0.25) is 0 Å². The summed E-state index contributed by atoms with van der Waals surface area (Å²) in [7, 11) is 3.61. The second-order valence-corrected chi connectivity index (χ2v) is 2.82. The summed E-state index contributed by atoms with van der Waals surface area (Å²) in [4.78, 5) is 0. The Hall–Kier alpha value is -1.24. The fourth-order valence-corrected chi connectivity index (χ4v) is 1.07. The lowest BCUT2D eigenvalue weighted by Gasteiger charge is -1.98. The Morgan fingerprint density at radius 3 is 2.60 bits per heavy atom. The molecule has 1 rings (SSSR count). The molecule has 0 saturated carbocycles. The molecule has 0 fully saturated rings. The van der Waals surface area contributed by atoms with Gasteiger partial charge >= 0.3 is 0 Å². The molecule has 0 amide bonds. The summed E-state index contributed by atoms with van der Waals surface area (Å²) in [6, 6.07) is 0. The van der Waals surface area contributed by atoms with Gasteiger partial charge < -0.3 is 10.1 Å². The van der Waals surface area contributed by atoms with E-state index < -0.39 is 0 Å². The van der Waals surface area contributed by atoms with Crippen LogP contribution in [0.3, 0.4) is 0 Å². The minimum atomic E-state index is 0.843. The fraction of sp³-hybridized carbons (Fsp3) is 0.462. The van der Waals surface area contributed by atoms with E-state index in [9.17, 15) is 0 Å². The van der Waals surface area contributed by atoms with Crippen LogP contribution in [-0.4, -0.2) is 20.7 Å². The molecule has 0 spiro atoms. The first-order chi connectivity index (χ1) is 7.36. The van der Waals surface area contributed by atoms with Crippen LogP contribution in [0.2, 0.25) is 0 Å². The van der Waals surface area contributed by atoms with Crippen molar-refractivity contribution < 1.29 is 4.74 Å². The molecule has 0 aromatic carbocycles. The highest BCUT2D eigenvalue weighted by molar-refractivity contribution is 5.31. The van der Waals surface area contributed by atoms with E-state index >= 15 is 0 Å². The maximum absolute atomic E-state index is 5.09. The highest BCUT2D eigenvalue weighted by atomic mass is 16.5. The first-order valence-electron chi connectivity index (χ1n) is 5.38. The van der Waals surface area contributed by atoms with Crippen LogP contribution < -0.4 is 5.32 Å². The summed E-state index contributed by atoms with van der Waals surface area (Å²) in [6.45, 7) is 4.99. The Labute approximate surface area is 93.0 Å². The van der Waals surface area contributed by atoms with Crippen LogP contribution in [0.15, 0.2) is 41.4 Å². The number of methoxy groups -OCH3 is 1. The van der Waals surface area contributed by atoms with Crippen LogP contribution in [0, 0.1) is 0 Å². The molecule has 0 aliphatic heterocycles. The third-order valence-electron chi connectivity index (χ3n) is 1.86. The molecule has 2 nitrogen and oxygen atoms in total. The standard InChI is InChI=1S/C11H15NO.C2H6/c1-12-9-8-10-4-3-5-11(13-2)7-6-10;1-2/h4-7,12H,8-9H2,1-2H3;1-2H3. The SMILES string of the molecule is CC.CNCCC1=CC=C(OC)C=C=C1.